The Morgan fingerprint density at radius 1 is 1.05 bits per heavy atom. The number of nitrogens with two attached hydrogens (primary N) is 1. The number of rotatable bonds is 10. The van der Waals surface area contributed by atoms with E-state index in [1.165, 1.54) is 30.7 Å². The number of carbonyl (C=O) groups excluding carboxylic acids is 1. The molecule has 2 aliphatic rings. The second-order valence-corrected chi connectivity index (χ2v) is 12.6. The number of aryl methyl sites for hydroxylation is 1. The summed E-state index contributed by atoms with van der Waals surface area (Å²) in [5, 5.41) is 0. The van der Waals surface area contributed by atoms with Crippen LogP contribution in [0.4, 0.5) is 0 Å². The van der Waals surface area contributed by atoms with E-state index in [1.54, 1.807) is 13.2 Å². The normalized spacial score (nSPS) is 21.9. The van der Waals surface area contributed by atoms with Crippen LogP contribution in [0.2, 0.25) is 0 Å². The number of likely N-dealkylation sites (tertiary alicyclic amines) is 1. The van der Waals surface area contributed by atoms with Gasteiger partial charge >= 0.3 is 0 Å². The van der Waals surface area contributed by atoms with Crippen molar-refractivity contribution in [2.75, 3.05) is 54.1 Å². The maximum Gasteiger partial charge on any atom is 0.243 e. The summed E-state index contributed by atoms with van der Waals surface area (Å²) in [6.45, 7) is 2.68. The molecule has 41 heavy (non-hydrogen) atoms. The Bertz CT molecular complexity index is 1490. The van der Waals surface area contributed by atoms with Gasteiger partial charge in [-0.05, 0) is 43.5 Å². The van der Waals surface area contributed by atoms with Gasteiger partial charge in [-0.3, -0.25) is 4.79 Å². The number of aromatic nitrogens is 2. The molecule has 2 aliphatic heterocycles. The predicted molar refractivity (Wildman–Crippen MR) is 155 cm³/mol. The number of hydrogen-bond donors (Lipinski definition) is 1. The van der Waals surface area contributed by atoms with Crippen molar-refractivity contribution in [3.8, 4) is 11.5 Å². The zero-order valence-corrected chi connectivity index (χ0v) is 24.7. The minimum atomic E-state index is -3.89. The third kappa shape index (κ3) is 5.78. The molecule has 0 saturated carbocycles. The highest BCUT2D eigenvalue weighted by molar-refractivity contribution is 7.89. The highest BCUT2D eigenvalue weighted by atomic mass is 32.2. The molecule has 1 aromatic heterocycles. The highest BCUT2D eigenvalue weighted by Gasteiger charge is 2.43. The van der Waals surface area contributed by atoms with Gasteiger partial charge in [-0.15, -0.1) is 0 Å². The first-order chi connectivity index (χ1) is 19.8. The molecule has 0 bridgehead atoms. The Morgan fingerprint density at radius 2 is 1.83 bits per heavy atom. The molecule has 222 valence electrons. The Labute approximate surface area is 241 Å². The van der Waals surface area contributed by atoms with Gasteiger partial charge in [0.25, 0.3) is 0 Å². The van der Waals surface area contributed by atoms with Gasteiger partial charge < -0.3 is 29.4 Å². The van der Waals surface area contributed by atoms with Crippen molar-refractivity contribution in [1.82, 2.24) is 18.8 Å². The number of amides is 1. The minimum absolute atomic E-state index is 0.0351. The number of hydrogen-bond acceptors (Lipinski definition) is 8. The number of nitrogens with zero attached hydrogens (tertiary/aromatic N) is 4. The monoisotopic (exact) mass is 585 g/mol. The van der Waals surface area contributed by atoms with Crippen LogP contribution in [0.3, 0.4) is 0 Å². The minimum Gasteiger partial charge on any atom is -0.493 e. The number of benzene rings is 2. The second-order valence-electron chi connectivity index (χ2n) is 10.7. The number of carbonyl (C=O) groups is 1. The fourth-order valence-electron chi connectivity index (χ4n) is 6.01. The largest absolute Gasteiger partial charge is 0.493 e. The molecule has 1 amide bonds. The van der Waals surface area contributed by atoms with Crippen LogP contribution in [-0.4, -0.2) is 93.2 Å². The van der Waals surface area contributed by atoms with E-state index in [1.807, 2.05) is 23.1 Å². The van der Waals surface area contributed by atoms with E-state index >= 15 is 0 Å². The molecule has 2 saturated heterocycles. The Morgan fingerprint density at radius 3 is 2.59 bits per heavy atom. The molecule has 3 heterocycles. The highest BCUT2D eigenvalue weighted by Crippen LogP contribution is 2.34. The Kier molecular flexibility index (Phi) is 8.83. The second kappa shape index (κ2) is 12.4. The van der Waals surface area contributed by atoms with Gasteiger partial charge in [-0.1, -0.05) is 12.1 Å². The SMILES string of the molecule is COCCCn1c([C@@H]2CCCN(C(=O)[C@@H]3CN(S(=O)(=O)c4ccc(OC)c(OC)c4)C[C@H]3N)C2)nc2ccccc21. The fraction of sp³-hybridized carbons (Fsp3) is 0.517. The lowest BCUT2D eigenvalue weighted by Crippen LogP contribution is -2.47. The molecule has 12 heteroatoms. The number of methoxy groups -OCH3 is 3. The van der Waals surface area contributed by atoms with Crippen molar-refractivity contribution in [3.05, 3.63) is 48.3 Å². The van der Waals surface area contributed by atoms with Crippen LogP contribution in [-0.2, 0) is 26.1 Å². The average Bonchev–Trinajstić information content (AvgIpc) is 3.57. The van der Waals surface area contributed by atoms with Gasteiger partial charge in [0.1, 0.15) is 5.82 Å². The summed E-state index contributed by atoms with van der Waals surface area (Å²) in [7, 11) is 0.755. The molecule has 5 rings (SSSR count). The van der Waals surface area contributed by atoms with Gasteiger partial charge in [0.05, 0.1) is 36.1 Å². The van der Waals surface area contributed by atoms with Crippen molar-refractivity contribution in [2.45, 2.75) is 42.7 Å². The zero-order chi connectivity index (χ0) is 29.1. The molecule has 3 atom stereocenters. The quantitative estimate of drug-likeness (QED) is 0.359. The molecule has 3 aromatic rings. The number of para-hydroxylation sites is 2. The molecule has 11 nitrogen and oxygen atoms in total. The van der Waals surface area contributed by atoms with Crippen LogP contribution in [0, 0.1) is 5.92 Å². The summed E-state index contributed by atoms with van der Waals surface area (Å²) in [6, 6.07) is 12.0. The van der Waals surface area contributed by atoms with E-state index in [4.69, 9.17) is 24.9 Å². The van der Waals surface area contributed by atoms with Crippen molar-refractivity contribution in [2.24, 2.45) is 11.7 Å². The van der Waals surface area contributed by atoms with Crippen molar-refractivity contribution in [1.29, 1.82) is 0 Å². The number of fused-ring (bicyclic) bond motifs is 1. The number of ether oxygens (including phenoxy) is 3. The maximum atomic E-state index is 13.8. The van der Waals surface area contributed by atoms with E-state index in [0.29, 0.717) is 31.2 Å². The first kappa shape index (κ1) is 29.3. The van der Waals surface area contributed by atoms with E-state index in [9.17, 15) is 13.2 Å². The van der Waals surface area contributed by atoms with Gasteiger partial charge in [0.2, 0.25) is 15.9 Å². The standard InChI is InChI=1S/C29H39N5O6S/c1-38-15-7-14-34-25-10-5-4-9-24(25)31-28(34)20-8-6-13-32(17-20)29(35)22-18-33(19-23(22)30)41(36,37)21-11-12-26(39-2)27(16-21)40-3/h4-5,9-12,16,20,22-23H,6-8,13-15,17-19,30H2,1-3H3/t20-,22-,23-/m1/s1. The molecule has 0 aliphatic carbocycles. The summed E-state index contributed by atoms with van der Waals surface area (Å²) >= 11 is 0. The summed E-state index contributed by atoms with van der Waals surface area (Å²) in [4.78, 5) is 20.7. The van der Waals surface area contributed by atoms with Crippen LogP contribution in [0.1, 0.15) is 31.0 Å². The third-order valence-electron chi connectivity index (χ3n) is 8.15. The number of piperidine rings is 1. The van der Waals surface area contributed by atoms with Gasteiger partial charge in [-0.2, -0.15) is 4.31 Å². The molecule has 2 N–H and O–H groups in total. The molecule has 0 radical (unpaired) electrons. The predicted octanol–water partition coefficient (Wildman–Crippen LogP) is 2.44. The van der Waals surface area contributed by atoms with E-state index in [-0.39, 0.29) is 29.8 Å². The first-order valence-electron chi connectivity index (χ1n) is 14.0. The molecule has 0 spiro atoms. The van der Waals surface area contributed by atoms with Crippen molar-refractivity contribution in [3.63, 3.8) is 0 Å². The van der Waals surface area contributed by atoms with Crippen LogP contribution < -0.4 is 15.2 Å². The summed E-state index contributed by atoms with van der Waals surface area (Å²) in [6.07, 6.45) is 2.63. The van der Waals surface area contributed by atoms with Gasteiger partial charge in [-0.25, -0.2) is 13.4 Å². The summed E-state index contributed by atoms with van der Waals surface area (Å²) in [5.74, 6) is 1.08. The Hall–Kier alpha value is -3.19. The average molecular weight is 586 g/mol. The summed E-state index contributed by atoms with van der Waals surface area (Å²) < 4.78 is 46.3. The van der Waals surface area contributed by atoms with Crippen LogP contribution in [0.25, 0.3) is 11.0 Å². The lowest BCUT2D eigenvalue weighted by Gasteiger charge is -2.35. The van der Waals surface area contributed by atoms with Crippen molar-refractivity contribution < 1.29 is 27.4 Å². The topological polar surface area (TPSA) is 129 Å². The molecular weight excluding hydrogens is 546 g/mol. The fourth-order valence-corrected chi connectivity index (χ4v) is 7.52. The Balaban J connectivity index is 1.32. The zero-order valence-electron chi connectivity index (χ0n) is 23.9. The first-order valence-corrected chi connectivity index (χ1v) is 15.4. The number of sulfonamides is 1. The van der Waals surface area contributed by atoms with Gasteiger partial charge in [0, 0.05) is 64.5 Å². The van der Waals surface area contributed by atoms with Crippen molar-refractivity contribution >= 4 is 27.0 Å². The third-order valence-corrected chi connectivity index (χ3v) is 9.98. The summed E-state index contributed by atoms with van der Waals surface area (Å²) in [5.41, 5.74) is 8.44. The van der Waals surface area contributed by atoms with E-state index in [0.717, 1.165) is 42.7 Å². The van der Waals surface area contributed by atoms with Crippen LogP contribution >= 0.6 is 0 Å². The molecule has 2 aromatic carbocycles. The van der Waals surface area contributed by atoms with E-state index < -0.39 is 22.0 Å². The van der Waals surface area contributed by atoms with Gasteiger partial charge in [0.15, 0.2) is 11.5 Å². The molecule has 2 fully saturated rings. The number of imidazole rings is 1. The molecular formula is C29H39N5O6S. The maximum absolute atomic E-state index is 13.8. The van der Waals surface area contributed by atoms with Crippen LogP contribution in [0.5, 0.6) is 11.5 Å². The molecule has 0 unspecified atom stereocenters. The van der Waals surface area contributed by atoms with E-state index in [2.05, 4.69) is 10.6 Å². The van der Waals surface area contributed by atoms with Crippen LogP contribution in [0.15, 0.2) is 47.4 Å². The lowest BCUT2D eigenvalue weighted by molar-refractivity contribution is -0.136. The smallest absolute Gasteiger partial charge is 0.243 e. The lowest BCUT2D eigenvalue weighted by atomic mass is 9.94.